The Morgan fingerprint density at radius 1 is 1.31 bits per heavy atom. The highest BCUT2D eigenvalue weighted by molar-refractivity contribution is 5.84. The van der Waals surface area contributed by atoms with Gasteiger partial charge in [0.2, 0.25) is 0 Å². The molecule has 1 aliphatic rings. The van der Waals surface area contributed by atoms with E-state index in [1.165, 1.54) is 0 Å². The first-order valence-electron chi connectivity index (χ1n) is 5.70. The van der Waals surface area contributed by atoms with E-state index in [0.717, 1.165) is 50.3 Å². The van der Waals surface area contributed by atoms with Gasteiger partial charge in [-0.05, 0) is 12.1 Å². The largest absolute Gasteiger partial charge is 0.411 e. The number of likely N-dealkylation sites (tertiary alicyclic amines) is 1. The minimum absolute atomic E-state index is 0.888. The fourth-order valence-electron chi connectivity index (χ4n) is 1.95. The third-order valence-corrected chi connectivity index (χ3v) is 2.98. The SMILES string of the molecule is ON=C1CCN(CCc2ccccn2)CC1. The van der Waals surface area contributed by atoms with E-state index in [1.54, 1.807) is 0 Å². The van der Waals surface area contributed by atoms with Crippen molar-refractivity contribution in [2.75, 3.05) is 19.6 Å². The van der Waals surface area contributed by atoms with Gasteiger partial charge in [0.05, 0.1) is 5.71 Å². The van der Waals surface area contributed by atoms with Gasteiger partial charge in [0, 0.05) is 50.8 Å². The number of rotatable bonds is 3. The second-order valence-corrected chi connectivity index (χ2v) is 4.08. The molecule has 2 rings (SSSR count). The Balaban J connectivity index is 1.76. The molecule has 0 atom stereocenters. The normalized spacial score (nSPS) is 17.4. The fourth-order valence-corrected chi connectivity index (χ4v) is 1.95. The molecular formula is C12H17N3O. The van der Waals surface area contributed by atoms with Gasteiger partial charge in [-0.2, -0.15) is 0 Å². The molecular weight excluding hydrogens is 202 g/mol. The highest BCUT2D eigenvalue weighted by Crippen LogP contribution is 2.08. The summed E-state index contributed by atoms with van der Waals surface area (Å²) in [6.45, 7) is 3.02. The van der Waals surface area contributed by atoms with Crippen molar-refractivity contribution in [2.24, 2.45) is 5.16 Å². The molecule has 2 heterocycles. The number of oxime groups is 1. The third-order valence-electron chi connectivity index (χ3n) is 2.98. The van der Waals surface area contributed by atoms with Crippen molar-refractivity contribution in [3.63, 3.8) is 0 Å². The Bertz CT molecular complexity index is 341. The highest BCUT2D eigenvalue weighted by Gasteiger charge is 2.14. The summed E-state index contributed by atoms with van der Waals surface area (Å²) in [5.41, 5.74) is 2.07. The van der Waals surface area contributed by atoms with Crippen molar-refractivity contribution < 1.29 is 5.21 Å². The van der Waals surface area contributed by atoms with Crippen molar-refractivity contribution >= 4 is 5.71 Å². The summed E-state index contributed by atoms with van der Waals surface area (Å²) >= 11 is 0. The average Bonchev–Trinajstić information content (AvgIpc) is 2.38. The first-order valence-corrected chi connectivity index (χ1v) is 5.70. The molecule has 0 aromatic carbocycles. The zero-order valence-corrected chi connectivity index (χ0v) is 9.34. The lowest BCUT2D eigenvalue weighted by Gasteiger charge is -2.26. The van der Waals surface area contributed by atoms with E-state index in [0.29, 0.717) is 0 Å². The second-order valence-electron chi connectivity index (χ2n) is 4.08. The molecule has 4 nitrogen and oxygen atoms in total. The predicted molar refractivity (Wildman–Crippen MR) is 62.8 cm³/mol. The summed E-state index contributed by atoms with van der Waals surface area (Å²) in [6.07, 6.45) is 4.60. The van der Waals surface area contributed by atoms with Gasteiger partial charge < -0.3 is 10.1 Å². The van der Waals surface area contributed by atoms with E-state index in [-0.39, 0.29) is 0 Å². The maximum Gasteiger partial charge on any atom is 0.0596 e. The summed E-state index contributed by atoms with van der Waals surface area (Å²) in [6, 6.07) is 6.02. The van der Waals surface area contributed by atoms with Crippen molar-refractivity contribution in [1.29, 1.82) is 0 Å². The third kappa shape index (κ3) is 3.03. The molecule has 0 amide bonds. The molecule has 4 heteroatoms. The molecule has 1 aromatic rings. The smallest absolute Gasteiger partial charge is 0.0596 e. The zero-order valence-electron chi connectivity index (χ0n) is 9.34. The molecule has 1 fully saturated rings. The number of pyridine rings is 1. The molecule has 0 radical (unpaired) electrons. The number of nitrogens with zero attached hydrogens (tertiary/aromatic N) is 3. The number of hydrogen-bond donors (Lipinski definition) is 1. The van der Waals surface area contributed by atoms with Crippen LogP contribution in [0.1, 0.15) is 18.5 Å². The van der Waals surface area contributed by atoms with Gasteiger partial charge >= 0.3 is 0 Å². The van der Waals surface area contributed by atoms with Gasteiger partial charge in [-0.25, -0.2) is 0 Å². The molecule has 1 N–H and O–H groups in total. The lowest BCUT2D eigenvalue weighted by atomic mass is 10.1. The zero-order chi connectivity index (χ0) is 11.2. The lowest BCUT2D eigenvalue weighted by molar-refractivity contribution is 0.265. The van der Waals surface area contributed by atoms with Crippen LogP contribution in [0.4, 0.5) is 0 Å². The van der Waals surface area contributed by atoms with Crippen LogP contribution in [0.2, 0.25) is 0 Å². The molecule has 1 saturated heterocycles. The van der Waals surface area contributed by atoms with E-state index >= 15 is 0 Å². The van der Waals surface area contributed by atoms with Gasteiger partial charge in [-0.3, -0.25) is 4.98 Å². The molecule has 16 heavy (non-hydrogen) atoms. The van der Waals surface area contributed by atoms with E-state index < -0.39 is 0 Å². The Hall–Kier alpha value is -1.42. The first kappa shape index (κ1) is 11.1. The molecule has 0 unspecified atom stereocenters. The number of aromatic nitrogens is 1. The van der Waals surface area contributed by atoms with Gasteiger partial charge in [-0.15, -0.1) is 0 Å². The summed E-state index contributed by atoms with van der Waals surface area (Å²) < 4.78 is 0. The minimum Gasteiger partial charge on any atom is -0.411 e. The van der Waals surface area contributed by atoms with Crippen LogP contribution in [0.5, 0.6) is 0 Å². The molecule has 0 aliphatic carbocycles. The van der Waals surface area contributed by atoms with E-state index in [4.69, 9.17) is 5.21 Å². The van der Waals surface area contributed by atoms with Crippen LogP contribution in [0.15, 0.2) is 29.6 Å². The lowest BCUT2D eigenvalue weighted by Crippen LogP contribution is -2.35. The summed E-state index contributed by atoms with van der Waals surface area (Å²) in [7, 11) is 0. The van der Waals surface area contributed by atoms with Crippen LogP contribution in [-0.2, 0) is 6.42 Å². The van der Waals surface area contributed by atoms with E-state index in [1.807, 2.05) is 18.3 Å². The standard InChI is InChI=1S/C12H17N3O/c16-14-12-5-9-15(10-6-12)8-4-11-3-1-2-7-13-11/h1-3,7,16H,4-6,8-10H2. The first-order chi connectivity index (χ1) is 7.88. The molecule has 0 spiro atoms. The average molecular weight is 219 g/mol. The van der Waals surface area contributed by atoms with Crippen molar-refractivity contribution in [2.45, 2.75) is 19.3 Å². The van der Waals surface area contributed by atoms with Crippen LogP contribution in [0, 0.1) is 0 Å². The van der Waals surface area contributed by atoms with Gasteiger partial charge in [-0.1, -0.05) is 11.2 Å². The Morgan fingerprint density at radius 2 is 2.12 bits per heavy atom. The van der Waals surface area contributed by atoms with Gasteiger partial charge in [0.1, 0.15) is 0 Å². The Morgan fingerprint density at radius 3 is 2.75 bits per heavy atom. The van der Waals surface area contributed by atoms with Crippen LogP contribution >= 0.6 is 0 Å². The maximum absolute atomic E-state index is 8.64. The topological polar surface area (TPSA) is 48.7 Å². The molecule has 0 saturated carbocycles. The molecule has 1 aromatic heterocycles. The van der Waals surface area contributed by atoms with Crippen molar-refractivity contribution in [3.8, 4) is 0 Å². The van der Waals surface area contributed by atoms with Crippen molar-refractivity contribution in [3.05, 3.63) is 30.1 Å². The van der Waals surface area contributed by atoms with E-state index in [2.05, 4.69) is 21.1 Å². The second kappa shape index (κ2) is 5.61. The summed E-state index contributed by atoms with van der Waals surface area (Å²) in [5.74, 6) is 0. The Labute approximate surface area is 95.6 Å². The Kier molecular flexibility index (Phi) is 3.88. The molecule has 86 valence electrons. The minimum atomic E-state index is 0.888. The van der Waals surface area contributed by atoms with Crippen molar-refractivity contribution in [1.82, 2.24) is 9.88 Å². The van der Waals surface area contributed by atoms with Crippen LogP contribution in [-0.4, -0.2) is 40.4 Å². The number of piperidine rings is 1. The van der Waals surface area contributed by atoms with Gasteiger partial charge in [0.15, 0.2) is 0 Å². The van der Waals surface area contributed by atoms with Crippen LogP contribution < -0.4 is 0 Å². The fraction of sp³-hybridized carbons (Fsp3) is 0.500. The maximum atomic E-state index is 8.64. The van der Waals surface area contributed by atoms with Crippen LogP contribution in [0.3, 0.4) is 0 Å². The molecule has 0 bridgehead atoms. The van der Waals surface area contributed by atoms with Gasteiger partial charge in [0.25, 0.3) is 0 Å². The van der Waals surface area contributed by atoms with Crippen LogP contribution in [0.25, 0.3) is 0 Å². The summed E-state index contributed by atoms with van der Waals surface area (Å²) in [4.78, 5) is 6.70. The van der Waals surface area contributed by atoms with E-state index in [9.17, 15) is 0 Å². The predicted octanol–water partition coefficient (Wildman–Crippen LogP) is 1.55. The highest BCUT2D eigenvalue weighted by atomic mass is 16.4. The summed E-state index contributed by atoms with van der Waals surface area (Å²) in [5, 5.41) is 11.9. The molecule has 1 aliphatic heterocycles. The monoisotopic (exact) mass is 219 g/mol. The quantitative estimate of drug-likeness (QED) is 0.620. The number of hydrogen-bond acceptors (Lipinski definition) is 4.